The van der Waals surface area contributed by atoms with Crippen LogP contribution in [0.5, 0.6) is 0 Å². The van der Waals surface area contributed by atoms with Gasteiger partial charge in [0.15, 0.2) is 0 Å². The molecule has 0 amide bonds. The summed E-state index contributed by atoms with van der Waals surface area (Å²) in [5.41, 5.74) is 0.224. The van der Waals surface area contributed by atoms with E-state index in [2.05, 4.69) is 30.0 Å². The molecule has 1 aromatic rings. The van der Waals surface area contributed by atoms with Crippen molar-refractivity contribution in [3.05, 3.63) is 21.9 Å². The highest BCUT2D eigenvalue weighted by Crippen LogP contribution is 2.20. The Morgan fingerprint density at radius 2 is 2.00 bits per heavy atom. The van der Waals surface area contributed by atoms with Gasteiger partial charge in [-0.3, -0.25) is 4.79 Å². The Morgan fingerprint density at radius 1 is 1.30 bits per heavy atom. The molecule has 1 rings (SSSR count). The molecule has 0 radical (unpaired) electrons. The number of ether oxygens (including phenoxy) is 2. The molecule has 0 saturated carbocycles. The minimum Gasteiger partial charge on any atom is -0.469 e. The van der Waals surface area contributed by atoms with Crippen LogP contribution in [0.3, 0.4) is 0 Å². The lowest BCUT2D eigenvalue weighted by Gasteiger charge is -2.24. The molecule has 0 aliphatic carbocycles. The molecule has 4 nitrogen and oxygen atoms in total. The molecule has 1 heterocycles. The molecule has 114 valence electrons. The van der Waals surface area contributed by atoms with Crippen molar-refractivity contribution in [2.24, 2.45) is 5.41 Å². The molecular weight excluding hydrogens is 274 g/mol. The van der Waals surface area contributed by atoms with Gasteiger partial charge in [-0.1, -0.05) is 13.8 Å². The fourth-order valence-electron chi connectivity index (χ4n) is 1.82. The van der Waals surface area contributed by atoms with E-state index in [9.17, 15) is 4.79 Å². The number of rotatable bonds is 9. The van der Waals surface area contributed by atoms with Gasteiger partial charge in [0.1, 0.15) is 0 Å². The Bertz CT molecular complexity index is 415. The monoisotopic (exact) mass is 299 g/mol. The molecule has 0 aromatic carbocycles. The van der Waals surface area contributed by atoms with E-state index in [1.54, 1.807) is 18.4 Å². The summed E-state index contributed by atoms with van der Waals surface area (Å²) < 4.78 is 9.79. The van der Waals surface area contributed by atoms with Crippen LogP contribution in [0.15, 0.2) is 12.1 Å². The highest BCUT2D eigenvalue weighted by Gasteiger charge is 2.17. The molecular formula is C15H25NO3S. The predicted octanol–water partition coefficient (Wildman–Crippen LogP) is 2.62. The molecule has 0 aliphatic rings. The van der Waals surface area contributed by atoms with Crippen LogP contribution in [-0.4, -0.2) is 33.3 Å². The summed E-state index contributed by atoms with van der Waals surface area (Å²) in [6, 6.07) is 4.06. The number of hydrogen-bond acceptors (Lipinski definition) is 5. The van der Waals surface area contributed by atoms with Gasteiger partial charge in [0.2, 0.25) is 0 Å². The van der Waals surface area contributed by atoms with Crippen LogP contribution in [0.4, 0.5) is 0 Å². The Kier molecular flexibility index (Phi) is 7.19. The maximum atomic E-state index is 11.2. The smallest absolute Gasteiger partial charge is 0.310 e. The summed E-state index contributed by atoms with van der Waals surface area (Å²) in [4.78, 5) is 13.5. The summed E-state index contributed by atoms with van der Waals surface area (Å²) in [7, 11) is 3.15. The second-order valence-corrected chi connectivity index (χ2v) is 6.88. The molecule has 5 heteroatoms. The zero-order chi connectivity index (χ0) is 15.0. The zero-order valence-corrected chi connectivity index (χ0v) is 13.6. The molecule has 0 unspecified atom stereocenters. The largest absolute Gasteiger partial charge is 0.469 e. The summed E-state index contributed by atoms with van der Waals surface area (Å²) in [6.45, 7) is 7.03. The Morgan fingerprint density at radius 3 is 2.65 bits per heavy atom. The predicted molar refractivity (Wildman–Crippen MR) is 82.0 cm³/mol. The van der Waals surface area contributed by atoms with E-state index in [1.807, 2.05) is 6.07 Å². The highest BCUT2D eigenvalue weighted by molar-refractivity contribution is 7.12. The van der Waals surface area contributed by atoms with Crippen LogP contribution in [-0.2, 0) is 27.2 Å². The fourth-order valence-corrected chi connectivity index (χ4v) is 2.79. The number of thiophene rings is 1. The minimum absolute atomic E-state index is 0.188. The normalized spacial score (nSPS) is 11.6. The average Bonchev–Trinajstić information content (AvgIpc) is 2.83. The summed E-state index contributed by atoms with van der Waals surface area (Å²) in [6.07, 6.45) is 1.40. The van der Waals surface area contributed by atoms with Crippen molar-refractivity contribution < 1.29 is 14.3 Å². The van der Waals surface area contributed by atoms with Crippen LogP contribution >= 0.6 is 11.3 Å². The van der Waals surface area contributed by atoms with Gasteiger partial charge >= 0.3 is 5.97 Å². The first kappa shape index (κ1) is 17.1. The molecule has 1 N–H and O–H groups in total. The minimum atomic E-state index is -0.188. The first-order valence-electron chi connectivity index (χ1n) is 6.81. The van der Waals surface area contributed by atoms with Crippen molar-refractivity contribution in [3.63, 3.8) is 0 Å². The van der Waals surface area contributed by atoms with Gasteiger partial charge in [0.25, 0.3) is 0 Å². The lowest BCUT2D eigenvalue weighted by Crippen LogP contribution is -2.29. The number of nitrogens with one attached hydrogen (secondary N) is 1. The van der Waals surface area contributed by atoms with E-state index >= 15 is 0 Å². The van der Waals surface area contributed by atoms with Crippen LogP contribution in [0.2, 0.25) is 0 Å². The van der Waals surface area contributed by atoms with Gasteiger partial charge in [-0.05, 0) is 24.0 Å². The third-order valence-corrected chi connectivity index (χ3v) is 4.23. The number of methoxy groups -OCH3 is 2. The van der Waals surface area contributed by atoms with Gasteiger partial charge in [0.05, 0.1) is 13.5 Å². The summed E-state index contributed by atoms with van der Waals surface area (Å²) >= 11 is 1.66. The van der Waals surface area contributed by atoms with Crippen LogP contribution in [0.25, 0.3) is 0 Å². The molecule has 1 aromatic heterocycles. The third-order valence-electron chi connectivity index (χ3n) is 3.15. The van der Waals surface area contributed by atoms with Gasteiger partial charge in [-0.25, -0.2) is 0 Å². The Hall–Kier alpha value is -0.910. The quantitative estimate of drug-likeness (QED) is 0.712. The summed E-state index contributed by atoms with van der Waals surface area (Å²) in [5, 5.41) is 3.47. The van der Waals surface area contributed by atoms with E-state index in [0.29, 0.717) is 6.42 Å². The van der Waals surface area contributed by atoms with E-state index in [0.717, 1.165) is 31.0 Å². The zero-order valence-electron chi connectivity index (χ0n) is 12.8. The van der Waals surface area contributed by atoms with Crippen molar-refractivity contribution in [2.45, 2.75) is 33.2 Å². The molecule has 0 bridgehead atoms. The lowest BCUT2D eigenvalue weighted by molar-refractivity contribution is -0.139. The van der Waals surface area contributed by atoms with Crippen LogP contribution < -0.4 is 5.32 Å². The number of carbonyl (C=O) groups is 1. The standard InChI is InChI=1S/C15H25NO3S/c1-15(2,7-8-18-3)11-16-10-13-6-5-12(20-13)9-14(17)19-4/h5-6,16H,7-11H2,1-4H3. The second kappa shape index (κ2) is 8.39. The Balaban J connectivity index is 2.33. The van der Waals surface area contributed by atoms with E-state index in [1.165, 1.54) is 12.0 Å². The fraction of sp³-hybridized carbons (Fsp3) is 0.667. The van der Waals surface area contributed by atoms with Gasteiger partial charge < -0.3 is 14.8 Å². The average molecular weight is 299 g/mol. The van der Waals surface area contributed by atoms with Gasteiger partial charge in [-0.2, -0.15) is 0 Å². The van der Waals surface area contributed by atoms with Crippen molar-refractivity contribution >= 4 is 17.3 Å². The first-order chi connectivity index (χ1) is 9.46. The highest BCUT2D eigenvalue weighted by atomic mass is 32.1. The molecule has 0 atom stereocenters. The van der Waals surface area contributed by atoms with Gasteiger partial charge in [0, 0.05) is 36.6 Å². The van der Waals surface area contributed by atoms with Crippen LogP contribution in [0, 0.1) is 5.41 Å². The maximum absolute atomic E-state index is 11.2. The number of carbonyl (C=O) groups excluding carboxylic acids is 1. The van der Waals surface area contributed by atoms with E-state index in [4.69, 9.17) is 4.74 Å². The molecule has 0 fully saturated rings. The first-order valence-corrected chi connectivity index (χ1v) is 7.62. The summed E-state index contributed by atoms with van der Waals surface area (Å²) in [5.74, 6) is -0.188. The number of hydrogen-bond donors (Lipinski definition) is 1. The maximum Gasteiger partial charge on any atom is 0.310 e. The second-order valence-electron chi connectivity index (χ2n) is 5.63. The topological polar surface area (TPSA) is 47.6 Å². The van der Waals surface area contributed by atoms with Crippen molar-refractivity contribution in [1.82, 2.24) is 5.32 Å². The van der Waals surface area contributed by atoms with Gasteiger partial charge in [-0.15, -0.1) is 11.3 Å². The van der Waals surface area contributed by atoms with Crippen LogP contribution in [0.1, 0.15) is 30.0 Å². The van der Waals surface area contributed by atoms with Crippen molar-refractivity contribution in [3.8, 4) is 0 Å². The number of esters is 1. The molecule has 0 aliphatic heterocycles. The molecule has 0 saturated heterocycles. The molecule has 20 heavy (non-hydrogen) atoms. The van der Waals surface area contributed by atoms with Crippen molar-refractivity contribution in [1.29, 1.82) is 0 Å². The lowest BCUT2D eigenvalue weighted by atomic mass is 9.90. The van der Waals surface area contributed by atoms with Crippen molar-refractivity contribution in [2.75, 3.05) is 27.4 Å². The Labute approximate surface area is 125 Å². The van der Waals surface area contributed by atoms with E-state index < -0.39 is 0 Å². The third kappa shape index (κ3) is 6.50. The molecule has 0 spiro atoms. The SMILES string of the molecule is COCCC(C)(C)CNCc1ccc(CC(=O)OC)s1. The van der Waals surface area contributed by atoms with E-state index in [-0.39, 0.29) is 11.4 Å².